The van der Waals surface area contributed by atoms with Gasteiger partial charge in [0.25, 0.3) is 5.91 Å². The van der Waals surface area contributed by atoms with E-state index in [1.165, 1.54) is 0 Å². The van der Waals surface area contributed by atoms with Gasteiger partial charge in [0.1, 0.15) is 5.75 Å². The van der Waals surface area contributed by atoms with E-state index in [1.54, 1.807) is 18.2 Å². The predicted molar refractivity (Wildman–Crippen MR) is 118 cm³/mol. The molecule has 0 aliphatic rings. The number of ether oxygens (including phenoxy) is 1. The summed E-state index contributed by atoms with van der Waals surface area (Å²) in [6, 6.07) is 14.4. The molecule has 1 atom stereocenters. The number of hydrogen-bond donors (Lipinski definition) is 3. The van der Waals surface area contributed by atoms with Crippen LogP contribution in [0, 0.1) is 0 Å². The van der Waals surface area contributed by atoms with Crippen LogP contribution in [0.5, 0.6) is 5.75 Å². The summed E-state index contributed by atoms with van der Waals surface area (Å²) in [5.41, 5.74) is 1.64. The van der Waals surface area contributed by atoms with Gasteiger partial charge in [0.05, 0.1) is 12.6 Å². The number of carbonyl (C=O) groups excluding carboxylic acids is 2. The minimum atomic E-state index is -0.310. The van der Waals surface area contributed by atoms with Gasteiger partial charge in [-0.15, -0.1) is 0 Å². The van der Waals surface area contributed by atoms with Crippen molar-refractivity contribution in [3.63, 3.8) is 0 Å². The molecule has 0 aromatic heterocycles. The van der Waals surface area contributed by atoms with E-state index in [9.17, 15) is 9.59 Å². The van der Waals surface area contributed by atoms with Gasteiger partial charge < -0.3 is 20.7 Å². The highest BCUT2D eigenvalue weighted by Gasteiger charge is 2.15. The van der Waals surface area contributed by atoms with Crippen LogP contribution in [0.1, 0.15) is 51.4 Å². The van der Waals surface area contributed by atoms with Crippen LogP contribution >= 0.6 is 0 Å². The lowest BCUT2D eigenvalue weighted by molar-refractivity contribution is -0.114. The second-order valence-corrected chi connectivity index (χ2v) is 8.05. The molecule has 0 aliphatic carbocycles. The second kappa shape index (κ2) is 9.96. The minimum Gasteiger partial charge on any atom is -0.491 e. The molecule has 0 spiro atoms. The van der Waals surface area contributed by atoms with E-state index >= 15 is 0 Å². The lowest BCUT2D eigenvalue weighted by Gasteiger charge is -2.20. The second-order valence-electron chi connectivity index (χ2n) is 8.05. The number of anilines is 2. The molecule has 0 saturated heterocycles. The third kappa shape index (κ3) is 7.86. The first-order chi connectivity index (χ1) is 13.7. The Hall–Kier alpha value is -3.02. The minimum absolute atomic E-state index is 0.0927. The molecule has 0 saturated carbocycles. The molecule has 2 rings (SSSR count). The van der Waals surface area contributed by atoms with Gasteiger partial charge in [-0.3, -0.25) is 9.59 Å². The van der Waals surface area contributed by atoms with Crippen LogP contribution in [0.15, 0.2) is 48.5 Å². The zero-order valence-corrected chi connectivity index (χ0v) is 17.8. The van der Waals surface area contributed by atoms with E-state index in [-0.39, 0.29) is 30.0 Å². The van der Waals surface area contributed by atoms with Crippen molar-refractivity contribution in [3.8, 4) is 5.75 Å². The molecular formula is C23H31N3O3. The Morgan fingerprint density at radius 2 is 1.72 bits per heavy atom. The Kier molecular flexibility index (Phi) is 7.65. The Bertz CT molecular complexity index is 826. The van der Waals surface area contributed by atoms with Crippen LogP contribution in [0.3, 0.4) is 0 Å². The molecule has 0 heterocycles. The van der Waals surface area contributed by atoms with Crippen molar-refractivity contribution in [3.05, 3.63) is 54.1 Å². The molecule has 0 radical (unpaired) electrons. The first kappa shape index (κ1) is 22.3. The van der Waals surface area contributed by atoms with Gasteiger partial charge in [-0.1, -0.05) is 13.0 Å². The fourth-order valence-corrected chi connectivity index (χ4v) is 2.50. The zero-order chi connectivity index (χ0) is 21.4. The van der Waals surface area contributed by atoms with Gasteiger partial charge in [0.15, 0.2) is 0 Å². The topological polar surface area (TPSA) is 79.5 Å². The van der Waals surface area contributed by atoms with Gasteiger partial charge >= 0.3 is 0 Å². The zero-order valence-electron chi connectivity index (χ0n) is 17.8. The fraction of sp³-hybridized carbons (Fsp3) is 0.391. The van der Waals surface area contributed by atoms with Crippen molar-refractivity contribution in [2.45, 2.75) is 52.7 Å². The summed E-state index contributed by atoms with van der Waals surface area (Å²) in [4.78, 5) is 24.5. The quantitative estimate of drug-likeness (QED) is 0.615. The fourth-order valence-electron chi connectivity index (χ4n) is 2.50. The van der Waals surface area contributed by atoms with E-state index in [4.69, 9.17) is 4.74 Å². The van der Waals surface area contributed by atoms with Crippen molar-refractivity contribution in [1.82, 2.24) is 5.32 Å². The Balaban J connectivity index is 1.87. The van der Waals surface area contributed by atoms with Crippen molar-refractivity contribution in [1.29, 1.82) is 0 Å². The normalized spacial score (nSPS) is 12.0. The molecule has 1 unspecified atom stereocenters. The molecule has 156 valence electrons. The molecule has 6 heteroatoms. The highest BCUT2D eigenvalue weighted by atomic mass is 16.5. The van der Waals surface area contributed by atoms with Gasteiger partial charge in [-0.2, -0.15) is 0 Å². The van der Waals surface area contributed by atoms with Crippen molar-refractivity contribution in [2.24, 2.45) is 0 Å². The average molecular weight is 398 g/mol. The van der Waals surface area contributed by atoms with Crippen molar-refractivity contribution >= 4 is 23.2 Å². The molecule has 2 aromatic carbocycles. The number of benzene rings is 2. The largest absolute Gasteiger partial charge is 0.491 e. The maximum atomic E-state index is 12.3. The lowest BCUT2D eigenvalue weighted by atomic mass is 10.1. The molecule has 0 bridgehead atoms. The number of carbonyl (C=O) groups is 2. The maximum absolute atomic E-state index is 12.3. The van der Waals surface area contributed by atoms with Crippen molar-refractivity contribution in [2.75, 3.05) is 17.2 Å². The van der Waals surface area contributed by atoms with E-state index < -0.39 is 0 Å². The summed E-state index contributed by atoms with van der Waals surface area (Å²) in [6.07, 6.45) is 1.09. The van der Waals surface area contributed by atoms with E-state index in [1.807, 2.05) is 58.0 Å². The molecule has 0 aliphatic heterocycles. The van der Waals surface area contributed by atoms with Gasteiger partial charge in [0.2, 0.25) is 5.91 Å². The standard InChI is InChI=1S/C23H31N3O3/c1-6-16(2)29-20-12-10-18(11-13-20)25-21(27)15-24-19-9-7-8-17(14-19)22(28)26-23(3,4)5/h7-14,16,24H,6,15H2,1-5H3,(H,25,27)(H,26,28). The molecule has 0 fully saturated rings. The Labute approximate surface area is 173 Å². The van der Waals surface area contributed by atoms with Gasteiger partial charge in [0, 0.05) is 22.5 Å². The monoisotopic (exact) mass is 397 g/mol. The molecular weight excluding hydrogens is 366 g/mol. The summed E-state index contributed by atoms with van der Waals surface area (Å²) < 4.78 is 5.73. The van der Waals surface area contributed by atoms with E-state index in [0.717, 1.165) is 12.2 Å². The Morgan fingerprint density at radius 3 is 2.34 bits per heavy atom. The predicted octanol–water partition coefficient (Wildman–Crippen LogP) is 4.44. The van der Waals surface area contributed by atoms with Crippen molar-refractivity contribution < 1.29 is 14.3 Å². The van der Waals surface area contributed by atoms with E-state index in [2.05, 4.69) is 22.9 Å². The van der Waals surface area contributed by atoms with Crippen LogP contribution in [-0.4, -0.2) is 30.0 Å². The molecule has 29 heavy (non-hydrogen) atoms. The first-order valence-corrected chi connectivity index (χ1v) is 9.89. The number of amides is 2. The maximum Gasteiger partial charge on any atom is 0.251 e. The van der Waals surface area contributed by atoms with Crippen LogP contribution in [-0.2, 0) is 4.79 Å². The first-order valence-electron chi connectivity index (χ1n) is 9.89. The highest BCUT2D eigenvalue weighted by Crippen LogP contribution is 2.18. The summed E-state index contributed by atoms with van der Waals surface area (Å²) in [5.74, 6) is 0.455. The van der Waals surface area contributed by atoms with Crippen LogP contribution in [0.2, 0.25) is 0 Å². The molecule has 2 amide bonds. The van der Waals surface area contributed by atoms with Gasteiger partial charge in [-0.25, -0.2) is 0 Å². The third-order valence-electron chi connectivity index (χ3n) is 4.12. The van der Waals surface area contributed by atoms with Gasteiger partial charge in [-0.05, 0) is 76.6 Å². The summed E-state index contributed by atoms with van der Waals surface area (Å²) in [6.45, 7) is 9.97. The Morgan fingerprint density at radius 1 is 1.03 bits per heavy atom. The third-order valence-corrected chi connectivity index (χ3v) is 4.12. The number of nitrogens with one attached hydrogen (secondary N) is 3. The SMILES string of the molecule is CCC(C)Oc1ccc(NC(=O)CNc2cccc(C(=O)NC(C)(C)C)c2)cc1. The average Bonchev–Trinajstić information content (AvgIpc) is 2.66. The lowest BCUT2D eigenvalue weighted by Crippen LogP contribution is -2.40. The number of hydrogen-bond acceptors (Lipinski definition) is 4. The van der Waals surface area contributed by atoms with Crippen LogP contribution in [0.25, 0.3) is 0 Å². The molecule has 2 aromatic rings. The highest BCUT2D eigenvalue weighted by molar-refractivity contribution is 5.96. The smallest absolute Gasteiger partial charge is 0.251 e. The summed E-state index contributed by atoms with van der Waals surface area (Å²) in [7, 11) is 0. The molecule has 6 nitrogen and oxygen atoms in total. The number of rotatable bonds is 8. The summed E-state index contributed by atoms with van der Waals surface area (Å²) >= 11 is 0. The van der Waals surface area contributed by atoms with Crippen LogP contribution in [0.4, 0.5) is 11.4 Å². The summed E-state index contributed by atoms with van der Waals surface area (Å²) in [5, 5.41) is 8.81. The van der Waals surface area contributed by atoms with Crippen LogP contribution < -0.4 is 20.7 Å². The van der Waals surface area contributed by atoms with E-state index in [0.29, 0.717) is 16.9 Å². The molecule has 3 N–H and O–H groups in total.